The zero-order valence-corrected chi connectivity index (χ0v) is 14.6. The van der Waals surface area contributed by atoms with Crippen LogP contribution in [0.1, 0.15) is 38.2 Å². The quantitative estimate of drug-likeness (QED) is 0.846. The Morgan fingerprint density at radius 3 is 2.70 bits per heavy atom. The summed E-state index contributed by atoms with van der Waals surface area (Å²) in [4.78, 5) is 14.5. The van der Waals surface area contributed by atoms with Crippen molar-refractivity contribution < 1.29 is 14.3 Å². The number of carbonyl (C=O) groups excluding carboxylic acids is 1. The molecule has 1 atom stereocenters. The third-order valence-electron chi connectivity index (χ3n) is 4.96. The van der Waals surface area contributed by atoms with Crippen LogP contribution in [0, 0.1) is 6.92 Å². The average molecular weight is 338 g/mol. The second-order valence-electron chi connectivity index (χ2n) is 6.63. The molecule has 126 valence electrons. The first kappa shape index (κ1) is 16.6. The van der Waals surface area contributed by atoms with Crippen LogP contribution in [-0.2, 0) is 9.53 Å². The third-order valence-corrected chi connectivity index (χ3v) is 5.19. The van der Waals surface area contributed by atoms with E-state index < -0.39 is 6.10 Å². The van der Waals surface area contributed by atoms with Crippen molar-refractivity contribution >= 4 is 17.5 Å². The fraction of sp³-hybridized carbons (Fsp3) is 0.611. The SMILES string of the molecule is Cc1cc(Cl)ccc1O[C@H](C)C(=O)N1CCC2(CCCO2)CC1. The molecular weight excluding hydrogens is 314 g/mol. The minimum Gasteiger partial charge on any atom is -0.481 e. The van der Waals surface area contributed by atoms with Gasteiger partial charge in [-0.15, -0.1) is 0 Å². The number of nitrogens with zero attached hydrogens (tertiary/aromatic N) is 1. The number of hydrogen-bond donors (Lipinski definition) is 0. The van der Waals surface area contributed by atoms with Gasteiger partial charge in [0.1, 0.15) is 5.75 Å². The van der Waals surface area contributed by atoms with Gasteiger partial charge in [-0.3, -0.25) is 4.79 Å². The number of aryl methyl sites for hydroxylation is 1. The van der Waals surface area contributed by atoms with Crippen LogP contribution in [0.25, 0.3) is 0 Å². The van der Waals surface area contributed by atoms with Gasteiger partial charge < -0.3 is 14.4 Å². The van der Waals surface area contributed by atoms with Crippen molar-refractivity contribution in [1.82, 2.24) is 4.90 Å². The van der Waals surface area contributed by atoms with Gasteiger partial charge in [-0.05, 0) is 63.3 Å². The molecule has 1 aromatic rings. The number of ether oxygens (including phenoxy) is 2. The molecule has 3 rings (SSSR count). The van der Waals surface area contributed by atoms with Crippen LogP contribution in [-0.4, -0.2) is 42.2 Å². The Balaban J connectivity index is 1.57. The smallest absolute Gasteiger partial charge is 0.263 e. The van der Waals surface area contributed by atoms with E-state index in [4.69, 9.17) is 21.1 Å². The Morgan fingerprint density at radius 1 is 1.35 bits per heavy atom. The molecule has 2 aliphatic rings. The normalized spacial score (nSPS) is 21.4. The van der Waals surface area contributed by atoms with Crippen molar-refractivity contribution in [3.05, 3.63) is 28.8 Å². The molecule has 2 heterocycles. The first-order valence-electron chi connectivity index (χ1n) is 8.35. The van der Waals surface area contributed by atoms with E-state index >= 15 is 0 Å². The summed E-state index contributed by atoms with van der Waals surface area (Å²) in [5.41, 5.74) is 0.974. The summed E-state index contributed by atoms with van der Waals surface area (Å²) < 4.78 is 11.8. The monoisotopic (exact) mass is 337 g/mol. The molecule has 0 aliphatic carbocycles. The zero-order chi connectivity index (χ0) is 16.4. The van der Waals surface area contributed by atoms with Gasteiger partial charge in [-0.25, -0.2) is 0 Å². The fourth-order valence-electron chi connectivity index (χ4n) is 3.53. The van der Waals surface area contributed by atoms with Gasteiger partial charge in [0.15, 0.2) is 6.10 Å². The molecule has 5 heteroatoms. The van der Waals surface area contributed by atoms with E-state index in [-0.39, 0.29) is 11.5 Å². The maximum atomic E-state index is 12.6. The maximum Gasteiger partial charge on any atom is 0.263 e. The molecule has 0 N–H and O–H groups in total. The molecule has 0 saturated carbocycles. The van der Waals surface area contributed by atoms with Gasteiger partial charge in [0, 0.05) is 24.7 Å². The van der Waals surface area contributed by atoms with Crippen LogP contribution in [0.5, 0.6) is 5.75 Å². The molecule has 0 radical (unpaired) electrons. The summed E-state index contributed by atoms with van der Waals surface area (Å²) in [5.74, 6) is 0.759. The van der Waals surface area contributed by atoms with Crippen LogP contribution in [0.15, 0.2) is 18.2 Å². The molecule has 23 heavy (non-hydrogen) atoms. The summed E-state index contributed by atoms with van der Waals surface area (Å²) in [6.45, 7) is 6.12. The number of hydrogen-bond acceptors (Lipinski definition) is 3. The van der Waals surface area contributed by atoms with E-state index in [0.717, 1.165) is 50.9 Å². The highest BCUT2D eigenvalue weighted by Gasteiger charge is 2.40. The van der Waals surface area contributed by atoms with E-state index in [1.54, 1.807) is 6.07 Å². The lowest BCUT2D eigenvalue weighted by atomic mass is 9.88. The number of piperidine rings is 1. The minimum absolute atomic E-state index is 0.0354. The van der Waals surface area contributed by atoms with Gasteiger partial charge >= 0.3 is 0 Å². The van der Waals surface area contributed by atoms with Gasteiger partial charge in [0.25, 0.3) is 5.91 Å². The van der Waals surface area contributed by atoms with Gasteiger partial charge in [-0.2, -0.15) is 0 Å². The number of rotatable bonds is 3. The van der Waals surface area contributed by atoms with Crippen molar-refractivity contribution in [1.29, 1.82) is 0 Å². The number of amides is 1. The number of halogens is 1. The molecule has 2 fully saturated rings. The highest BCUT2D eigenvalue weighted by Crippen LogP contribution is 2.35. The highest BCUT2D eigenvalue weighted by molar-refractivity contribution is 6.30. The lowest BCUT2D eigenvalue weighted by Crippen LogP contribution is -2.49. The predicted molar refractivity (Wildman–Crippen MR) is 90.0 cm³/mol. The summed E-state index contributed by atoms with van der Waals surface area (Å²) in [7, 11) is 0. The fourth-order valence-corrected chi connectivity index (χ4v) is 3.75. The zero-order valence-electron chi connectivity index (χ0n) is 13.8. The lowest BCUT2D eigenvalue weighted by molar-refractivity contribution is -0.142. The van der Waals surface area contributed by atoms with Crippen LogP contribution >= 0.6 is 11.6 Å². The van der Waals surface area contributed by atoms with Crippen molar-refractivity contribution in [3.63, 3.8) is 0 Å². The van der Waals surface area contributed by atoms with Gasteiger partial charge in [0.05, 0.1) is 5.60 Å². The second kappa shape index (κ2) is 6.70. The Morgan fingerprint density at radius 2 is 2.09 bits per heavy atom. The van der Waals surface area contributed by atoms with Gasteiger partial charge in [0.2, 0.25) is 0 Å². The molecule has 1 amide bonds. The molecule has 2 aliphatic heterocycles. The Hall–Kier alpha value is -1.26. The van der Waals surface area contributed by atoms with E-state index in [9.17, 15) is 4.79 Å². The Bertz CT molecular complexity index is 574. The summed E-state index contributed by atoms with van der Waals surface area (Å²) >= 11 is 5.95. The third kappa shape index (κ3) is 3.64. The number of carbonyl (C=O) groups is 1. The van der Waals surface area contributed by atoms with Gasteiger partial charge in [-0.1, -0.05) is 11.6 Å². The molecule has 2 saturated heterocycles. The Kier molecular flexibility index (Phi) is 4.83. The molecule has 0 unspecified atom stereocenters. The average Bonchev–Trinajstić information content (AvgIpc) is 2.98. The predicted octanol–water partition coefficient (Wildman–Crippen LogP) is 3.59. The molecule has 4 nitrogen and oxygen atoms in total. The lowest BCUT2D eigenvalue weighted by Gasteiger charge is -2.39. The van der Waals surface area contributed by atoms with Crippen LogP contribution in [0.2, 0.25) is 5.02 Å². The first-order valence-corrected chi connectivity index (χ1v) is 8.72. The molecular formula is C18H24ClNO3. The van der Waals surface area contributed by atoms with Crippen LogP contribution < -0.4 is 4.74 Å². The topological polar surface area (TPSA) is 38.8 Å². The molecule has 0 bridgehead atoms. The van der Waals surface area contributed by atoms with E-state index in [2.05, 4.69) is 0 Å². The standard InChI is InChI=1S/C18H24ClNO3/c1-13-12-15(19)4-5-16(13)23-14(2)17(21)20-9-7-18(8-10-20)6-3-11-22-18/h4-5,12,14H,3,6-11H2,1-2H3/t14-/m1/s1. The highest BCUT2D eigenvalue weighted by atomic mass is 35.5. The maximum absolute atomic E-state index is 12.6. The largest absolute Gasteiger partial charge is 0.481 e. The van der Waals surface area contributed by atoms with Crippen molar-refractivity contribution in [3.8, 4) is 5.75 Å². The van der Waals surface area contributed by atoms with E-state index in [0.29, 0.717) is 10.8 Å². The summed E-state index contributed by atoms with van der Waals surface area (Å²) in [6.07, 6.45) is 3.65. The van der Waals surface area contributed by atoms with E-state index in [1.165, 1.54) is 0 Å². The molecule has 0 aromatic heterocycles. The second-order valence-corrected chi connectivity index (χ2v) is 7.07. The van der Waals surface area contributed by atoms with Crippen LogP contribution in [0.4, 0.5) is 0 Å². The first-order chi connectivity index (χ1) is 11.0. The summed E-state index contributed by atoms with van der Waals surface area (Å²) in [5, 5.41) is 0.673. The number of benzene rings is 1. The Labute approximate surface area is 142 Å². The minimum atomic E-state index is -0.492. The van der Waals surface area contributed by atoms with Crippen LogP contribution in [0.3, 0.4) is 0 Å². The molecule has 1 aromatic carbocycles. The van der Waals surface area contributed by atoms with Crippen molar-refractivity contribution in [2.75, 3.05) is 19.7 Å². The van der Waals surface area contributed by atoms with E-state index in [1.807, 2.05) is 30.9 Å². The summed E-state index contributed by atoms with van der Waals surface area (Å²) in [6, 6.07) is 5.44. The van der Waals surface area contributed by atoms with Crippen molar-refractivity contribution in [2.24, 2.45) is 0 Å². The van der Waals surface area contributed by atoms with Crippen molar-refractivity contribution in [2.45, 2.75) is 51.2 Å². The number of likely N-dealkylation sites (tertiary alicyclic amines) is 1. The molecule has 1 spiro atoms.